The topological polar surface area (TPSA) is 71.5 Å². The smallest absolute Gasteiger partial charge is 0.410 e. The number of thiazole rings is 1. The third-order valence-corrected chi connectivity index (χ3v) is 5.05. The zero-order chi connectivity index (χ0) is 18.6. The molecular weight excluding hydrogens is 338 g/mol. The van der Waals surface area contributed by atoms with Crippen molar-refractivity contribution < 1.29 is 14.3 Å². The van der Waals surface area contributed by atoms with Crippen molar-refractivity contribution in [1.82, 2.24) is 9.88 Å². The van der Waals surface area contributed by atoms with Crippen LogP contribution in [0.25, 0.3) is 0 Å². The maximum atomic E-state index is 12.6. The minimum atomic E-state index is -0.495. The van der Waals surface area contributed by atoms with E-state index in [1.165, 1.54) is 11.3 Å². The zero-order valence-corrected chi connectivity index (χ0v) is 16.7. The number of nitrogens with one attached hydrogen (secondary N) is 1. The van der Waals surface area contributed by atoms with Crippen LogP contribution in [0.1, 0.15) is 64.5 Å². The highest BCUT2D eigenvalue weighted by Gasteiger charge is 2.32. The lowest BCUT2D eigenvalue weighted by Gasteiger charge is -2.35. The molecule has 2 rings (SSSR count). The Morgan fingerprint density at radius 1 is 1.36 bits per heavy atom. The standard InChI is InChI=1S/C18H29N3O3S/c1-6-10-21(17(23)24-18(3,4)5)12-8-9-13-14(11-12)25-16(19-13)20-15(22)7-2/h12H,6-11H2,1-5H3,(H,19,20,22). The molecule has 1 atom stereocenters. The normalized spacial score (nSPS) is 16.9. The highest BCUT2D eigenvalue weighted by atomic mass is 32.1. The van der Waals surface area contributed by atoms with Crippen molar-refractivity contribution in [2.75, 3.05) is 11.9 Å². The fraction of sp³-hybridized carbons (Fsp3) is 0.722. The lowest BCUT2D eigenvalue weighted by atomic mass is 9.96. The predicted molar refractivity (Wildman–Crippen MR) is 100 cm³/mol. The Labute approximate surface area is 154 Å². The molecule has 0 saturated carbocycles. The summed E-state index contributed by atoms with van der Waals surface area (Å²) in [5, 5.41) is 3.50. The summed E-state index contributed by atoms with van der Waals surface area (Å²) in [5.41, 5.74) is 0.554. The first-order valence-corrected chi connectivity index (χ1v) is 9.83. The van der Waals surface area contributed by atoms with Gasteiger partial charge in [-0.05, 0) is 40.0 Å². The minimum absolute atomic E-state index is 0.0241. The van der Waals surface area contributed by atoms with Crippen LogP contribution >= 0.6 is 11.3 Å². The van der Waals surface area contributed by atoms with Crippen LogP contribution in [0.5, 0.6) is 0 Å². The van der Waals surface area contributed by atoms with E-state index in [1.54, 1.807) is 0 Å². The van der Waals surface area contributed by atoms with Gasteiger partial charge in [0.1, 0.15) is 5.60 Å². The average Bonchev–Trinajstić information content (AvgIpc) is 2.91. The van der Waals surface area contributed by atoms with Gasteiger partial charge in [-0.2, -0.15) is 0 Å². The molecule has 0 saturated heterocycles. The SMILES string of the molecule is CCCN(C(=O)OC(C)(C)C)C1CCc2nc(NC(=O)CC)sc2C1. The Balaban J connectivity index is 2.10. The molecule has 1 unspecified atom stereocenters. The Morgan fingerprint density at radius 2 is 2.08 bits per heavy atom. The quantitative estimate of drug-likeness (QED) is 0.854. The number of anilines is 1. The number of nitrogens with zero attached hydrogens (tertiary/aromatic N) is 2. The van der Waals surface area contributed by atoms with E-state index < -0.39 is 5.60 Å². The van der Waals surface area contributed by atoms with Crippen molar-refractivity contribution in [2.24, 2.45) is 0 Å². The summed E-state index contributed by atoms with van der Waals surface area (Å²) >= 11 is 1.52. The second kappa shape index (κ2) is 8.17. The largest absolute Gasteiger partial charge is 0.444 e. The van der Waals surface area contributed by atoms with E-state index in [0.717, 1.165) is 36.3 Å². The van der Waals surface area contributed by atoms with Gasteiger partial charge >= 0.3 is 6.09 Å². The summed E-state index contributed by atoms with van der Waals surface area (Å²) < 4.78 is 5.58. The number of hydrogen-bond donors (Lipinski definition) is 1. The molecule has 1 aliphatic carbocycles. The van der Waals surface area contributed by atoms with Gasteiger partial charge in [-0.15, -0.1) is 11.3 Å². The molecule has 0 fully saturated rings. The fourth-order valence-electron chi connectivity index (χ4n) is 2.87. The summed E-state index contributed by atoms with van der Waals surface area (Å²) in [7, 11) is 0. The van der Waals surface area contributed by atoms with Crippen LogP contribution < -0.4 is 5.32 Å². The number of aryl methyl sites for hydroxylation is 1. The molecule has 6 nitrogen and oxygen atoms in total. The Bertz CT molecular complexity index is 622. The van der Waals surface area contributed by atoms with Gasteiger partial charge in [-0.25, -0.2) is 9.78 Å². The minimum Gasteiger partial charge on any atom is -0.444 e. The molecule has 1 N–H and O–H groups in total. The van der Waals surface area contributed by atoms with E-state index in [2.05, 4.69) is 17.2 Å². The van der Waals surface area contributed by atoms with Gasteiger partial charge in [0, 0.05) is 30.3 Å². The molecule has 1 aromatic rings. The Kier molecular flexibility index (Phi) is 6.43. The third-order valence-electron chi connectivity index (χ3n) is 4.01. The lowest BCUT2D eigenvalue weighted by Crippen LogP contribution is -2.46. The lowest BCUT2D eigenvalue weighted by molar-refractivity contribution is -0.115. The maximum absolute atomic E-state index is 12.6. The van der Waals surface area contributed by atoms with Gasteiger partial charge in [0.05, 0.1) is 5.69 Å². The molecule has 25 heavy (non-hydrogen) atoms. The third kappa shape index (κ3) is 5.42. The van der Waals surface area contributed by atoms with Gasteiger partial charge in [0.25, 0.3) is 0 Å². The molecule has 1 aliphatic rings. The van der Waals surface area contributed by atoms with Crippen molar-refractivity contribution in [3.05, 3.63) is 10.6 Å². The van der Waals surface area contributed by atoms with Crippen LogP contribution in [-0.2, 0) is 22.4 Å². The molecule has 140 valence electrons. The molecule has 0 aromatic carbocycles. The monoisotopic (exact) mass is 367 g/mol. The van der Waals surface area contributed by atoms with E-state index >= 15 is 0 Å². The highest BCUT2D eigenvalue weighted by molar-refractivity contribution is 7.15. The van der Waals surface area contributed by atoms with Crippen LogP contribution in [0.15, 0.2) is 0 Å². The number of carbonyl (C=O) groups excluding carboxylic acids is 2. The maximum Gasteiger partial charge on any atom is 0.410 e. The molecule has 7 heteroatoms. The van der Waals surface area contributed by atoms with Crippen LogP contribution in [-0.4, -0.2) is 40.1 Å². The van der Waals surface area contributed by atoms with Gasteiger partial charge in [0.2, 0.25) is 5.91 Å². The number of ether oxygens (including phenoxy) is 1. The number of fused-ring (bicyclic) bond motifs is 1. The summed E-state index contributed by atoms with van der Waals surface area (Å²) in [6.45, 7) is 10.2. The molecule has 0 radical (unpaired) electrons. The average molecular weight is 368 g/mol. The van der Waals surface area contributed by atoms with Gasteiger partial charge in [-0.1, -0.05) is 13.8 Å². The Morgan fingerprint density at radius 3 is 2.68 bits per heavy atom. The zero-order valence-electron chi connectivity index (χ0n) is 15.8. The van der Waals surface area contributed by atoms with E-state index in [-0.39, 0.29) is 18.0 Å². The van der Waals surface area contributed by atoms with Gasteiger partial charge < -0.3 is 15.0 Å². The van der Waals surface area contributed by atoms with E-state index in [1.807, 2.05) is 32.6 Å². The van der Waals surface area contributed by atoms with Crippen LogP contribution in [0.2, 0.25) is 0 Å². The van der Waals surface area contributed by atoms with Crippen molar-refractivity contribution in [2.45, 2.75) is 78.4 Å². The number of carbonyl (C=O) groups is 2. The number of aromatic nitrogens is 1. The first-order valence-electron chi connectivity index (χ1n) is 9.01. The predicted octanol–water partition coefficient (Wildman–Crippen LogP) is 4.00. The molecule has 1 heterocycles. The molecule has 1 aromatic heterocycles. The number of hydrogen-bond acceptors (Lipinski definition) is 5. The van der Waals surface area contributed by atoms with Crippen molar-refractivity contribution in [1.29, 1.82) is 0 Å². The molecular formula is C18H29N3O3S. The molecule has 0 bridgehead atoms. The summed E-state index contributed by atoms with van der Waals surface area (Å²) in [5.74, 6) is -0.0241. The molecule has 0 spiro atoms. The number of amides is 2. The van der Waals surface area contributed by atoms with Crippen molar-refractivity contribution >= 4 is 28.5 Å². The highest BCUT2D eigenvalue weighted by Crippen LogP contribution is 2.32. The first-order chi connectivity index (χ1) is 11.7. The summed E-state index contributed by atoms with van der Waals surface area (Å²) in [6, 6.07) is 0.123. The summed E-state index contributed by atoms with van der Waals surface area (Å²) in [4.78, 5) is 31.7. The van der Waals surface area contributed by atoms with Gasteiger partial charge in [-0.3, -0.25) is 4.79 Å². The van der Waals surface area contributed by atoms with Crippen LogP contribution in [0.4, 0.5) is 9.93 Å². The molecule has 0 aliphatic heterocycles. The van der Waals surface area contributed by atoms with E-state index in [0.29, 0.717) is 18.1 Å². The Hall–Kier alpha value is -1.63. The first kappa shape index (κ1) is 19.7. The van der Waals surface area contributed by atoms with E-state index in [9.17, 15) is 9.59 Å². The summed E-state index contributed by atoms with van der Waals surface area (Å²) in [6.07, 6.45) is 3.55. The second-order valence-electron chi connectivity index (χ2n) is 7.36. The van der Waals surface area contributed by atoms with Crippen molar-refractivity contribution in [3.8, 4) is 0 Å². The second-order valence-corrected chi connectivity index (χ2v) is 8.44. The van der Waals surface area contributed by atoms with E-state index in [4.69, 9.17) is 4.74 Å². The van der Waals surface area contributed by atoms with Crippen LogP contribution in [0, 0.1) is 0 Å². The van der Waals surface area contributed by atoms with Gasteiger partial charge in [0.15, 0.2) is 5.13 Å². The molecule has 2 amide bonds. The fourth-order valence-corrected chi connectivity index (χ4v) is 3.96. The van der Waals surface area contributed by atoms with Crippen molar-refractivity contribution in [3.63, 3.8) is 0 Å². The number of rotatable bonds is 5. The van der Waals surface area contributed by atoms with Crippen LogP contribution in [0.3, 0.4) is 0 Å².